The smallest absolute Gasteiger partial charge is 0.151 e. The molecule has 1 fully saturated rings. The van der Waals surface area contributed by atoms with E-state index in [-0.39, 0.29) is 23.7 Å². The van der Waals surface area contributed by atoms with Crippen LogP contribution in [-0.4, -0.2) is 25.3 Å². The Morgan fingerprint density at radius 2 is 1.94 bits per heavy atom. The first-order valence-electron chi connectivity index (χ1n) is 6.50. The lowest BCUT2D eigenvalue weighted by Crippen LogP contribution is -2.45. The van der Waals surface area contributed by atoms with Crippen molar-refractivity contribution in [3.63, 3.8) is 0 Å². The van der Waals surface area contributed by atoms with Gasteiger partial charge in [0.25, 0.3) is 0 Å². The van der Waals surface area contributed by atoms with Crippen LogP contribution in [0.4, 0.5) is 15.8 Å². The Hall–Kier alpha value is -1.29. The minimum atomic E-state index is -0.276. The fraction of sp³-hybridized carbons (Fsp3) is 0.571. The van der Waals surface area contributed by atoms with Gasteiger partial charge in [-0.25, -0.2) is 4.39 Å². The molecule has 0 aromatic heterocycles. The largest absolute Gasteiger partial charge is 0.396 e. The predicted octanol–water partition coefficient (Wildman–Crippen LogP) is 2.58. The van der Waals surface area contributed by atoms with Gasteiger partial charge in [-0.1, -0.05) is 6.92 Å². The van der Waals surface area contributed by atoms with Crippen LogP contribution in [0, 0.1) is 5.82 Å². The fourth-order valence-electron chi connectivity index (χ4n) is 2.64. The lowest BCUT2D eigenvalue weighted by Gasteiger charge is -2.38. The van der Waals surface area contributed by atoms with E-state index in [1.165, 1.54) is 0 Å². The van der Waals surface area contributed by atoms with E-state index >= 15 is 0 Å². The molecule has 1 saturated heterocycles. The molecule has 0 spiro atoms. The summed E-state index contributed by atoms with van der Waals surface area (Å²) < 4.78 is 19.7. The highest BCUT2D eigenvalue weighted by atomic mass is 19.1. The third-order valence-corrected chi connectivity index (χ3v) is 3.36. The molecule has 3 nitrogen and oxygen atoms in total. The first-order valence-corrected chi connectivity index (χ1v) is 6.50. The zero-order valence-electron chi connectivity index (χ0n) is 11.2. The van der Waals surface area contributed by atoms with E-state index in [0.29, 0.717) is 12.0 Å². The maximum Gasteiger partial charge on any atom is 0.151 e. The summed E-state index contributed by atoms with van der Waals surface area (Å²) in [6.07, 6.45) is 0.977. The molecule has 100 valence electrons. The molecular weight excluding hydrogens is 231 g/mol. The summed E-state index contributed by atoms with van der Waals surface area (Å²) in [7, 11) is 0. The standard InChI is InChI=1S/C14H21FN2O/c1-4-11-13(6-5-12(16)14(11)15)17-7-9(2)18-10(3)8-17/h5-6,9-10H,4,7-8,16H2,1-3H3. The Morgan fingerprint density at radius 3 is 2.50 bits per heavy atom. The van der Waals surface area contributed by atoms with E-state index in [9.17, 15) is 4.39 Å². The first-order chi connectivity index (χ1) is 8.52. The number of ether oxygens (including phenoxy) is 1. The Kier molecular flexibility index (Phi) is 3.76. The van der Waals surface area contributed by atoms with Gasteiger partial charge < -0.3 is 15.4 Å². The minimum absolute atomic E-state index is 0.166. The monoisotopic (exact) mass is 252 g/mol. The zero-order chi connectivity index (χ0) is 13.3. The molecule has 2 rings (SSSR count). The summed E-state index contributed by atoms with van der Waals surface area (Å²) in [5, 5.41) is 0. The number of halogens is 1. The average Bonchev–Trinajstić information content (AvgIpc) is 2.31. The average molecular weight is 252 g/mol. The van der Waals surface area contributed by atoms with E-state index in [1.807, 2.05) is 26.8 Å². The summed E-state index contributed by atoms with van der Waals surface area (Å²) in [4.78, 5) is 2.19. The maximum atomic E-state index is 14.0. The number of nitrogens with zero attached hydrogens (tertiary/aromatic N) is 1. The van der Waals surface area contributed by atoms with E-state index in [1.54, 1.807) is 6.07 Å². The van der Waals surface area contributed by atoms with Gasteiger partial charge in [-0.3, -0.25) is 0 Å². The molecule has 2 atom stereocenters. The van der Waals surface area contributed by atoms with E-state index in [4.69, 9.17) is 10.5 Å². The lowest BCUT2D eigenvalue weighted by atomic mass is 10.1. The van der Waals surface area contributed by atoms with Crippen molar-refractivity contribution in [2.75, 3.05) is 23.7 Å². The number of rotatable bonds is 2. The Morgan fingerprint density at radius 1 is 1.33 bits per heavy atom. The van der Waals surface area contributed by atoms with Gasteiger partial charge in [0.1, 0.15) is 0 Å². The van der Waals surface area contributed by atoms with Crippen LogP contribution in [0.1, 0.15) is 26.3 Å². The number of hydrogen-bond acceptors (Lipinski definition) is 3. The van der Waals surface area contributed by atoms with Gasteiger partial charge >= 0.3 is 0 Å². The molecule has 0 radical (unpaired) electrons. The summed E-state index contributed by atoms with van der Waals surface area (Å²) in [6.45, 7) is 7.62. The molecule has 0 saturated carbocycles. The van der Waals surface area contributed by atoms with Crippen LogP contribution < -0.4 is 10.6 Å². The Labute approximate surface area is 108 Å². The second-order valence-electron chi connectivity index (χ2n) is 4.98. The van der Waals surface area contributed by atoms with Crippen LogP contribution in [0.15, 0.2) is 12.1 Å². The zero-order valence-corrected chi connectivity index (χ0v) is 11.2. The van der Waals surface area contributed by atoms with Crippen LogP contribution >= 0.6 is 0 Å². The molecule has 0 bridgehead atoms. The van der Waals surface area contributed by atoms with Gasteiger partial charge in [0.05, 0.1) is 17.9 Å². The van der Waals surface area contributed by atoms with Crippen molar-refractivity contribution >= 4 is 11.4 Å². The van der Waals surface area contributed by atoms with E-state index in [2.05, 4.69) is 4.90 Å². The number of nitrogens with two attached hydrogens (primary N) is 1. The fourth-order valence-corrected chi connectivity index (χ4v) is 2.64. The van der Waals surface area contributed by atoms with Crippen LogP contribution in [0.5, 0.6) is 0 Å². The summed E-state index contributed by atoms with van der Waals surface area (Å²) >= 11 is 0. The van der Waals surface area contributed by atoms with Crippen molar-refractivity contribution in [1.82, 2.24) is 0 Å². The Bertz CT molecular complexity index is 426. The second kappa shape index (κ2) is 5.14. The molecule has 1 aliphatic heterocycles. The quantitative estimate of drug-likeness (QED) is 0.822. The summed E-state index contributed by atoms with van der Waals surface area (Å²) in [6, 6.07) is 3.57. The Balaban J connectivity index is 2.35. The summed E-state index contributed by atoms with van der Waals surface area (Å²) in [5.74, 6) is -0.276. The van der Waals surface area contributed by atoms with E-state index in [0.717, 1.165) is 18.8 Å². The molecule has 1 aromatic rings. The summed E-state index contributed by atoms with van der Waals surface area (Å²) in [5.41, 5.74) is 7.51. The van der Waals surface area contributed by atoms with Crippen LogP contribution in [0.3, 0.4) is 0 Å². The van der Waals surface area contributed by atoms with Gasteiger partial charge in [0, 0.05) is 24.3 Å². The molecule has 0 amide bonds. The van der Waals surface area contributed by atoms with Crippen molar-refractivity contribution in [1.29, 1.82) is 0 Å². The number of benzene rings is 1. The molecule has 1 aliphatic rings. The van der Waals surface area contributed by atoms with Crippen LogP contribution in [0.25, 0.3) is 0 Å². The highest BCUT2D eigenvalue weighted by Crippen LogP contribution is 2.29. The van der Waals surface area contributed by atoms with Crippen molar-refractivity contribution in [3.05, 3.63) is 23.5 Å². The second-order valence-corrected chi connectivity index (χ2v) is 4.98. The topological polar surface area (TPSA) is 38.5 Å². The minimum Gasteiger partial charge on any atom is -0.396 e. The molecule has 18 heavy (non-hydrogen) atoms. The highest BCUT2D eigenvalue weighted by molar-refractivity contribution is 5.61. The SMILES string of the molecule is CCc1c(N2CC(C)OC(C)C2)ccc(N)c1F. The normalized spacial score (nSPS) is 24.3. The third-order valence-electron chi connectivity index (χ3n) is 3.36. The highest BCUT2D eigenvalue weighted by Gasteiger charge is 2.25. The van der Waals surface area contributed by atoms with Crippen molar-refractivity contribution in [3.8, 4) is 0 Å². The molecule has 0 aliphatic carbocycles. The molecule has 2 unspecified atom stereocenters. The molecular formula is C14H21FN2O. The number of hydrogen-bond donors (Lipinski definition) is 1. The first kappa shape index (κ1) is 13.1. The maximum absolute atomic E-state index is 14.0. The molecule has 1 heterocycles. The molecule has 1 aromatic carbocycles. The van der Waals surface area contributed by atoms with Crippen molar-refractivity contribution in [2.45, 2.75) is 39.4 Å². The van der Waals surface area contributed by atoms with Gasteiger partial charge in [-0.2, -0.15) is 0 Å². The molecule has 4 heteroatoms. The van der Waals surface area contributed by atoms with Crippen molar-refractivity contribution in [2.24, 2.45) is 0 Å². The van der Waals surface area contributed by atoms with Crippen LogP contribution in [-0.2, 0) is 11.2 Å². The van der Waals surface area contributed by atoms with Crippen LogP contribution in [0.2, 0.25) is 0 Å². The number of morpholine rings is 1. The lowest BCUT2D eigenvalue weighted by molar-refractivity contribution is -0.00527. The molecule has 2 N–H and O–H groups in total. The van der Waals surface area contributed by atoms with Gasteiger partial charge in [0.15, 0.2) is 5.82 Å². The number of anilines is 2. The number of nitrogen functional groups attached to an aromatic ring is 1. The van der Waals surface area contributed by atoms with Crippen molar-refractivity contribution < 1.29 is 9.13 Å². The predicted molar refractivity (Wildman–Crippen MR) is 72.4 cm³/mol. The van der Waals surface area contributed by atoms with Gasteiger partial charge in [0.2, 0.25) is 0 Å². The van der Waals surface area contributed by atoms with Gasteiger partial charge in [-0.15, -0.1) is 0 Å². The third kappa shape index (κ3) is 2.43. The van der Waals surface area contributed by atoms with Gasteiger partial charge in [-0.05, 0) is 32.4 Å². The van der Waals surface area contributed by atoms with E-state index < -0.39 is 0 Å².